The van der Waals surface area contributed by atoms with Gasteiger partial charge in [-0.3, -0.25) is 4.90 Å². The van der Waals surface area contributed by atoms with Gasteiger partial charge in [0.1, 0.15) is 23.9 Å². The normalized spacial score (nSPS) is 13.8. The van der Waals surface area contributed by atoms with Gasteiger partial charge in [-0.1, -0.05) is 48.9 Å². The lowest BCUT2D eigenvalue weighted by atomic mass is 9.99. The Bertz CT molecular complexity index is 1600. The van der Waals surface area contributed by atoms with Crippen LogP contribution in [-0.2, 0) is 0 Å². The fourth-order valence-electron chi connectivity index (χ4n) is 5.62. The SMILES string of the molecule is Cc1c(-c2ccc(O)cc2)nn(-c2ccc(O)cc2)c1-c1ccc(-c2ccccc2OCCN2CCCCC2)cc1. The van der Waals surface area contributed by atoms with Crippen LogP contribution >= 0.6 is 0 Å². The van der Waals surface area contributed by atoms with Crippen molar-refractivity contribution in [3.63, 3.8) is 0 Å². The van der Waals surface area contributed by atoms with Gasteiger partial charge >= 0.3 is 0 Å². The number of piperidine rings is 1. The number of hydrogen-bond acceptors (Lipinski definition) is 5. The molecule has 1 fully saturated rings. The van der Waals surface area contributed by atoms with E-state index >= 15 is 0 Å². The van der Waals surface area contributed by atoms with E-state index in [1.54, 1.807) is 24.3 Å². The van der Waals surface area contributed by atoms with Crippen molar-refractivity contribution in [2.75, 3.05) is 26.2 Å². The molecule has 0 amide bonds. The van der Waals surface area contributed by atoms with Gasteiger partial charge in [0.2, 0.25) is 0 Å². The molecule has 0 aliphatic carbocycles. The number of aromatic nitrogens is 2. The van der Waals surface area contributed by atoms with Gasteiger partial charge in [0, 0.05) is 28.8 Å². The van der Waals surface area contributed by atoms with Gasteiger partial charge in [-0.15, -0.1) is 0 Å². The second-order valence-electron chi connectivity index (χ2n) is 10.6. The molecule has 1 aliphatic heterocycles. The van der Waals surface area contributed by atoms with Crippen LogP contribution in [0.1, 0.15) is 24.8 Å². The third-order valence-electron chi connectivity index (χ3n) is 7.83. The van der Waals surface area contributed by atoms with Gasteiger partial charge in [0.05, 0.1) is 17.1 Å². The highest BCUT2D eigenvalue weighted by atomic mass is 16.5. The van der Waals surface area contributed by atoms with Gasteiger partial charge in [0.25, 0.3) is 0 Å². The molecule has 6 heteroatoms. The minimum Gasteiger partial charge on any atom is -0.508 e. The van der Waals surface area contributed by atoms with Crippen LogP contribution in [0.15, 0.2) is 97.1 Å². The first-order valence-electron chi connectivity index (χ1n) is 14.3. The third kappa shape index (κ3) is 5.83. The van der Waals surface area contributed by atoms with E-state index in [-0.39, 0.29) is 11.5 Å². The minimum atomic E-state index is 0.208. The van der Waals surface area contributed by atoms with E-state index < -0.39 is 0 Å². The Morgan fingerprint density at radius 1 is 0.707 bits per heavy atom. The van der Waals surface area contributed by atoms with E-state index in [0.717, 1.165) is 57.2 Å². The summed E-state index contributed by atoms with van der Waals surface area (Å²) in [6, 6.07) is 30.9. The number of likely N-dealkylation sites (tertiary alicyclic amines) is 1. The second-order valence-corrected chi connectivity index (χ2v) is 10.6. The van der Waals surface area contributed by atoms with Crippen LogP contribution in [0.3, 0.4) is 0 Å². The van der Waals surface area contributed by atoms with Crippen LogP contribution in [0.5, 0.6) is 17.2 Å². The number of para-hydroxylation sites is 1. The molecule has 6 rings (SSSR count). The summed E-state index contributed by atoms with van der Waals surface area (Å²) in [5.41, 5.74) is 7.80. The first-order chi connectivity index (χ1) is 20.1. The van der Waals surface area contributed by atoms with Gasteiger partial charge in [-0.25, -0.2) is 4.68 Å². The van der Waals surface area contributed by atoms with Crippen LogP contribution in [0.4, 0.5) is 0 Å². The van der Waals surface area contributed by atoms with Gasteiger partial charge in [-0.05, 0) is 93.0 Å². The number of aromatic hydroxyl groups is 2. The lowest BCUT2D eigenvalue weighted by Crippen LogP contribution is -2.33. The average Bonchev–Trinajstić information content (AvgIpc) is 3.35. The van der Waals surface area contributed by atoms with Gasteiger partial charge in [0.15, 0.2) is 0 Å². The Hall–Kier alpha value is -4.55. The molecule has 1 aliphatic rings. The Morgan fingerprint density at radius 3 is 2.02 bits per heavy atom. The quantitative estimate of drug-likeness (QED) is 0.212. The van der Waals surface area contributed by atoms with E-state index in [9.17, 15) is 10.2 Å². The van der Waals surface area contributed by atoms with E-state index in [1.165, 1.54) is 32.4 Å². The van der Waals surface area contributed by atoms with Crippen molar-refractivity contribution < 1.29 is 14.9 Å². The Labute approximate surface area is 241 Å². The van der Waals surface area contributed by atoms with E-state index in [1.807, 2.05) is 41.1 Å². The standard InChI is InChI=1S/C35H35N3O3/c1-25-34(27-13-17-30(39)18-14-27)36-38(29-15-19-31(40)20-16-29)35(25)28-11-9-26(10-12-28)32-7-3-4-8-33(32)41-24-23-37-21-5-2-6-22-37/h3-4,7-20,39-40H,2,5-6,21-24H2,1H3. The zero-order valence-corrected chi connectivity index (χ0v) is 23.3. The molecule has 6 nitrogen and oxygen atoms in total. The summed E-state index contributed by atoms with van der Waals surface area (Å²) in [5.74, 6) is 1.33. The predicted molar refractivity (Wildman–Crippen MR) is 164 cm³/mol. The molecular formula is C35H35N3O3. The van der Waals surface area contributed by atoms with Crippen molar-refractivity contribution in [2.45, 2.75) is 26.2 Å². The monoisotopic (exact) mass is 545 g/mol. The highest BCUT2D eigenvalue weighted by molar-refractivity contribution is 5.78. The van der Waals surface area contributed by atoms with Crippen molar-refractivity contribution in [3.8, 4) is 56.6 Å². The summed E-state index contributed by atoms with van der Waals surface area (Å²) >= 11 is 0. The molecule has 0 atom stereocenters. The van der Waals surface area contributed by atoms with Crippen molar-refractivity contribution in [1.29, 1.82) is 0 Å². The molecule has 1 saturated heterocycles. The molecule has 2 N–H and O–H groups in total. The van der Waals surface area contributed by atoms with Crippen LogP contribution < -0.4 is 4.74 Å². The molecule has 0 radical (unpaired) electrons. The fourth-order valence-corrected chi connectivity index (χ4v) is 5.62. The fraction of sp³-hybridized carbons (Fsp3) is 0.229. The minimum absolute atomic E-state index is 0.208. The molecule has 2 heterocycles. The van der Waals surface area contributed by atoms with Gasteiger partial charge < -0.3 is 14.9 Å². The zero-order valence-electron chi connectivity index (χ0n) is 23.3. The van der Waals surface area contributed by atoms with Crippen molar-refractivity contribution in [3.05, 3.63) is 103 Å². The number of ether oxygens (including phenoxy) is 1. The van der Waals surface area contributed by atoms with E-state index in [2.05, 4.69) is 48.2 Å². The smallest absolute Gasteiger partial charge is 0.127 e. The zero-order chi connectivity index (χ0) is 28.2. The summed E-state index contributed by atoms with van der Waals surface area (Å²) in [6.45, 7) is 6.04. The van der Waals surface area contributed by atoms with Crippen molar-refractivity contribution in [1.82, 2.24) is 14.7 Å². The number of hydrogen-bond donors (Lipinski definition) is 2. The lowest BCUT2D eigenvalue weighted by Gasteiger charge is -2.26. The first-order valence-corrected chi connectivity index (χ1v) is 14.3. The van der Waals surface area contributed by atoms with E-state index in [0.29, 0.717) is 6.61 Å². The molecule has 1 aromatic heterocycles. The summed E-state index contributed by atoms with van der Waals surface area (Å²) in [6.07, 6.45) is 3.90. The number of phenols is 2. The van der Waals surface area contributed by atoms with Gasteiger partial charge in [-0.2, -0.15) is 5.10 Å². The largest absolute Gasteiger partial charge is 0.508 e. The number of nitrogens with zero attached hydrogens (tertiary/aromatic N) is 3. The molecule has 0 unspecified atom stereocenters. The highest BCUT2D eigenvalue weighted by Gasteiger charge is 2.19. The Balaban J connectivity index is 1.31. The molecule has 0 saturated carbocycles. The molecular weight excluding hydrogens is 510 g/mol. The number of benzene rings is 4. The number of rotatable bonds is 8. The van der Waals surface area contributed by atoms with Crippen LogP contribution in [0.25, 0.3) is 39.3 Å². The van der Waals surface area contributed by atoms with Crippen LogP contribution in [-0.4, -0.2) is 51.1 Å². The second kappa shape index (κ2) is 11.9. The molecule has 5 aromatic rings. The van der Waals surface area contributed by atoms with Crippen molar-refractivity contribution >= 4 is 0 Å². The topological polar surface area (TPSA) is 70.8 Å². The molecule has 0 bridgehead atoms. The Morgan fingerprint density at radius 2 is 1.32 bits per heavy atom. The maximum Gasteiger partial charge on any atom is 0.127 e. The molecule has 0 spiro atoms. The summed E-state index contributed by atoms with van der Waals surface area (Å²) in [7, 11) is 0. The maximum atomic E-state index is 9.87. The average molecular weight is 546 g/mol. The molecule has 41 heavy (non-hydrogen) atoms. The van der Waals surface area contributed by atoms with Crippen molar-refractivity contribution in [2.24, 2.45) is 0 Å². The third-order valence-corrected chi connectivity index (χ3v) is 7.83. The maximum absolute atomic E-state index is 9.87. The van der Waals surface area contributed by atoms with E-state index in [4.69, 9.17) is 9.84 Å². The summed E-state index contributed by atoms with van der Waals surface area (Å²) in [4.78, 5) is 2.49. The predicted octanol–water partition coefficient (Wildman–Crippen LogP) is 7.46. The number of phenolic OH excluding ortho intramolecular Hbond substituents is 2. The first kappa shape index (κ1) is 26.7. The highest BCUT2D eigenvalue weighted by Crippen LogP contribution is 2.36. The summed E-state index contributed by atoms with van der Waals surface area (Å²) < 4.78 is 8.20. The molecule has 208 valence electrons. The lowest BCUT2D eigenvalue weighted by molar-refractivity contribution is 0.183. The van der Waals surface area contributed by atoms with Crippen LogP contribution in [0, 0.1) is 6.92 Å². The summed E-state index contributed by atoms with van der Waals surface area (Å²) in [5, 5.41) is 24.7. The van der Waals surface area contributed by atoms with Crippen LogP contribution in [0.2, 0.25) is 0 Å². The Kier molecular flexibility index (Phi) is 7.74. The molecule has 4 aromatic carbocycles.